The van der Waals surface area contributed by atoms with E-state index in [1.54, 1.807) is 19.2 Å². The monoisotopic (exact) mass is 231 g/mol. The van der Waals surface area contributed by atoms with Gasteiger partial charge in [0, 0.05) is 18.4 Å². The fraction of sp³-hybridized carbons (Fsp3) is 0.357. The van der Waals surface area contributed by atoms with E-state index < -0.39 is 5.60 Å². The van der Waals surface area contributed by atoms with Crippen LogP contribution in [-0.4, -0.2) is 18.6 Å². The summed E-state index contributed by atoms with van der Waals surface area (Å²) in [6.07, 6.45) is 5.59. The molecule has 1 amide bonds. The van der Waals surface area contributed by atoms with Crippen LogP contribution in [0.1, 0.15) is 25.8 Å². The van der Waals surface area contributed by atoms with Gasteiger partial charge in [0.05, 0.1) is 12.0 Å². The number of hydrogen-bond donors (Lipinski definition) is 1. The van der Waals surface area contributed by atoms with Crippen LogP contribution in [0.2, 0.25) is 0 Å². The zero-order valence-corrected chi connectivity index (χ0v) is 10.4. The maximum Gasteiger partial charge on any atom is 0.227 e. The fourth-order valence-electron chi connectivity index (χ4n) is 1.35. The Balaban J connectivity index is 2.66. The second kappa shape index (κ2) is 5.51. The standard InChI is InChI=1S/C14H17NO2/c1-5-11-7-6-8-12(9-11)15-13(16)10-14(2,3)17-4/h1,6-9H,10H2,2-4H3,(H,15,16). The lowest BCUT2D eigenvalue weighted by Gasteiger charge is -2.21. The number of amides is 1. The molecule has 0 aliphatic rings. The van der Waals surface area contributed by atoms with Gasteiger partial charge in [0.2, 0.25) is 5.91 Å². The van der Waals surface area contributed by atoms with Crippen molar-refractivity contribution in [1.29, 1.82) is 0 Å². The van der Waals surface area contributed by atoms with Gasteiger partial charge >= 0.3 is 0 Å². The number of hydrogen-bond acceptors (Lipinski definition) is 2. The number of methoxy groups -OCH3 is 1. The predicted molar refractivity (Wildman–Crippen MR) is 68.7 cm³/mol. The highest BCUT2D eigenvalue weighted by molar-refractivity contribution is 5.91. The first-order valence-electron chi connectivity index (χ1n) is 5.38. The highest BCUT2D eigenvalue weighted by atomic mass is 16.5. The van der Waals surface area contributed by atoms with Crippen molar-refractivity contribution in [2.75, 3.05) is 12.4 Å². The molecule has 0 saturated heterocycles. The van der Waals surface area contributed by atoms with Crippen LogP contribution < -0.4 is 5.32 Å². The average Bonchev–Trinajstić information content (AvgIpc) is 2.28. The second-order valence-corrected chi connectivity index (χ2v) is 4.41. The molecule has 0 aliphatic carbocycles. The van der Waals surface area contributed by atoms with Crippen LogP contribution in [0.5, 0.6) is 0 Å². The van der Waals surface area contributed by atoms with E-state index in [9.17, 15) is 4.79 Å². The summed E-state index contributed by atoms with van der Waals surface area (Å²) in [6, 6.07) is 7.19. The summed E-state index contributed by atoms with van der Waals surface area (Å²) in [7, 11) is 1.59. The van der Waals surface area contributed by atoms with Gasteiger partial charge in [-0.3, -0.25) is 4.79 Å². The summed E-state index contributed by atoms with van der Waals surface area (Å²) in [5, 5.41) is 2.79. The Morgan fingerprint density at radius 3 is 2.82 bits per heavy atom. The molecule has 0 fully saturated rings. The number of anilines is 1. The Hall–Kier alpha value is -1.79. The summed E-state index contributed by atoms with van der Waals surface area (Å²) < 4.78 is 5.20. The minimum absolute atomic E-state index is 0.0916. The topological polar surface area (TPSA) is 38.3 Å². The van der Waals surface area contributed by atoms with Crippen LogP contribution in [-0.2, 0) is 9.53 Å². The third-order valence-corrected chi connectivity index (χ3v) is 2.45. The second-order valence-electron chi connectivity index (χ2n) is 4.41. The average molecular weight is 231 g/mol. The molecule has 0 heterocycles. The lowest BCUT2D eigenvalue weighted by atomic mass is 10.0. The number of nitrogens with one attached hydrogen (secondary N) is 1. The van der Waals surface area contributed by atoms with Gasteiger partial charge < -0.3 is 10.1 Å². The summed E-state index contributed by atoms with van der Waals surface area (Å²) >= 11 is 0. The molecule has 90 valence electrons. The van der Waals surface area contributed by atoms with Gasteiger partial charge in [0.1, 0.15) is 0 Å². The number of rotatable bonds is 4. The number of terminal acetylenes is 1. The molecular formula is C14H17NO2. The Morgan fingerprint density at radius 1 is 1.53 bits per heavy atom. The van der Waals surface area contributed by atoms with Crippen LogP contribution in [0.4, 0.5) is 5.69 Å². The molecule has 3 heteroatoms. The number of ether oxygens (including phenoxy) is 1. The zero-order valence-electron chi connectivity index (χ0n) is 10.4. The quantitative estimate of drug-likeness (QED) is 0.808. The summed E-state index contributed by atoms with van der Waals surface area (Å²) in [4.78, 5) is 11.7. The van der Waals surface area contributed by atoms with E-state index in [-0.39, 0.29) is 5.91 Å². The van der Waals surface area contributed by atoms with Crippen molar-refractivity contribution in [2.24, 2.45) is 0 Å². The highest BCUT2D eigenvalue weighted by Gasteiger charge is 2.20. The molecule has 0 saturated carbocycles. The third kappa shape index (κ3) is 4.29. The molecule has 0 radical (unpaired) electrons. The Kier molecular flexibility index (Phi) is 4.30. The van der Waals surface area contributed by atoms with Crippen molar-refractivity contribution in [1.82, 2.24) is 0 Å². The Morgan fingerprint density at radius 2 is 2.24 bits per heavy atom. The molecule has 1 N–H and O–H groups in total. The van der Waals surface area contributed by atoms with Gasteiger partial charge in [-0.25, -0.2) is 0 Å². The number of carbonyl (C=O) groups is 1. The molecule has 0 atom stereocenters. The maximum absolute atomic E-state index is 11.7. The van der Waals surface area contributed by atoms with Crippen molar-refractivity contribution in [3.63, 3.8) is 0 Å². The van der Waals surface area contributed by atoms with Crippen molar-refractivity contribution < 1.29 is 9.53 Å². The molecule has 17 heavy (non-hydrogen) atoms. The molecule has 0 aromatic heterocycles. The smallest absolute Gasteiger partial charge is 0.227 e. The van der Waals surface area contributed by atoms with Gasteiger partial charge in [-0.2, -0.15) is 0 Å². The molecule has 3 nitrogen and oxygen atoms in total. The molecule has 0 aliphatic heterocycles. The fourth-order valence-corrected chi connectivity index (χ4v) is 1.35. The number of carbonyl (C=O) groups excluding carboxylic acids is 1. The van der Waals surface area contributed by atoms with Crippen molar-refractivity contribution in [3.05, 3.63) is 29.8 Å². The molecule has 0 bridgehead atoms. The highest BCUT2D eigenvalue weighted by Crippen LogP contribution is 2.15. The molecule has 1 rings (SSSR count). The van der Waals surface area contributed by atoms with Crippen LogP contribution in [0.25, 0.3) is 0 Å². The van der Waals surface area contributed by atoms with Crippen LogP contribution in [0.15, 0.2) is 24.3 Å². The molecule has 0 unspecified atom stereocenters. The van der Waals surface area contributed by atoms with Gasteiger partial charge in [0.15, 0.2) is 0 Å². The van der Waals surface area contributed by atoms with Gasteiger partial charge in [-0.1, -0.05) is 12.0 Å². The minimum Gasteiger partial charge on any atom is -0.378 e. The van der Waals surface area contributed by atoms with Crippen LogP contribution in [0.3, 0.4) is 0 Å². The molecule has 1 aromatic carbocycles. The van der Waals surface area contributed by atoms with E-state index in [0.717, 1.165) is 5.56 Å². The van der Waals surface area contributed by atoms with Crippen LogP contribution >= 0.6 is 0 Å². The van der Waals surface area contributed by atoms with Gasteiger partial charge in [-0.05, 0) is 32.0 Å². The van der Waals surface area contributed by atoms with E-state index in [1.807, 2.05) is 26.0 Å². The predicted octanol–water partition coefficient (Wildman–Crippen LogP) is 2.42. The first-order chi connectivity index (χ1) is 7.96. The van der Waals surface area contributed by atoms with E-state index in [0.29, 0.717) is 12.1 Å². The largest absolute Gasteiger partial charge is 0.378 e. The molecule has 0 spiro atoms. The minimum atomic E-state index is -0.464. The summed E-state index contributed by atoms with van der Waals surface area (Å²) in [6.45, 7) is 3.73. The van der Waals surface area contributed by atoms with E-state index in [4.69, 9.17) is 11.2 Å². The third-order valence-electron chi connectivity index (χ3n) is 2.45. The summed E-state index contributed by atoms with van der Waals surface area (Å²) in [5.41, 5.74) is 0.986. The first-order valence-corrected chi connectivity index (χ1v) is 5.38. The lowest BCUT2D eigenvalue weighted by molar-refractivity contribution is -0.121. The van der Waals surface area contributed by atoms with Gasteiger partial charge in [0.25, 0.3) is 0 Å². The maximum atomic E-state index is 11.7. The van der Waals surface area contributed by atoms with Gasteiger partial charge in [-0.15, -0.1) is 6.42 Å². The van der Waals surface area contributed by atoms with Crippen molar-refractivity contribution >= 4 is 11.6 Å². The SMILES string of the molecule is C#Cc1cccc(NC(=O)CC(C)(C)OC)c1. The van der Waals surface area contributed by atoms with E-state index in [1.165, 1.54) is 0 Å². The Labute approximate surface area is 102 Å². The lowest BCUT2D eigenvalue weighted by Crippen LogP contribution is -2.29. The molecule has 1 aromatic rings. The number of benzene rings is 1. The van der Waals surface area contributed by atoms with Crippen molar-refractivity contribution in [2.45, 2.75) is 25.9 Å². The van der Waals surface area contributed by atoms with Crippen molar-refractivity contribution in [3.8, 4) is 12.3 Å². The zero-order chi connectivity index (χ0) is 12.9. The van der Waals surface area contributed by atoms with Crippen LogP contribution in [0, 0.1) is 12.3 Å². The molecular weight excluding hydrogens is 214 g/mol. The Bertz CT molecular complexity index is 444. The normalized spacial score (nSPS) is 10.7. The van der Waals surface area contributed by atoms with E-state index >= 15 is 0 Å². The summed E-state index contributed by atoms with van der Waals surface area (Å²) in [5.74, 6) is 2.43. The first kappa shape index (κ1) is 13.3. The van der Waals surface area contributed by atoms with E-state index in [2.05, 4.69) is 11.2 Å².